The fraction of sp³-hybridized carbons (Fsp3) is 0.375. The first-order valence-electron chi connectivity index (χ1n) is 7.90. The highest BCUT2D eigenvalue weighted by molar-refractivity contribution is 8.01. The van der Waals surface area contributed by atoms with E-state index in [1.165, 1.54) is 40.5 Å². The first kappa shape index (κ1) is 17.8. The molecule has 1 aliphatic heterocycles. The van der Waals surface area contributed by atoms with E-state index >= 15 is 0 Å². The van der Waals surface area contributed by atoms with Gasteiger partial charge in [-0.05, 0) is 30.7 Å². The molecule has 2 heterocycles. The van der Waals surface area contributed by atoms with Gasteiger partial charge < -0.3 is 10.2 Å². The molecule has 132 valence electrons. The van der Waals surface area contributed by atoms with Crippen LogP contribution in [0.25, 0.3) is 0 Å². The number of carbonyl (C=O) groups is 2. The van der Waals surface area contributed by atoms with Gasteiger partial charge in [-0.25, -0.2) is 4.39 Å². The molecule has 6 nitrogen and oxygen atoms in total. The van der Waals surface area contributed by atoms with Gasteiger partial charge in [0.15, 0.2) is 4.34 Å². The van der Waals surface area contributed by atoms with Crippen molar-refractivity contribution in [3.05, 3.63) is 30.1 Å². The van der Waals surface area contributed by atoms with Crippen LogP contribution in [-0.4, -0.2) is 34.3 Å². The first-order valence-corrected chi connectivity index (χ1v) is 9.70. The lowest BCUT2D eigenvalue weighted by atomic mass is 10.1. The maximum Gasteiger partial charge on any atom is 0.231 e. The van der Waals surface area contributed by atoms with Crippen LogP contribution >= 0.6 is 23.1 Å². The smallest absolute Gasteiger partial charge is 0.231 e. The summed E-state index contributed by atoms with van der Waals surface area (Å²) in [4.78, 5) is 26.1. The molecule has 1 aliphatic rings. The van der Waals surface area contributed by atoms with Crippen molar-refractivity contribution in [2.24, 2.45) is 5.92 Å². The number of hydrogen-bond acceptors (Lipinski definition) is 6. The van der Waals surface area contributed by atoms with Crippen molar-refractivity contribution in [1.29, 1.82) is 0 Å². The van der Waals surface area contributed by atoms with Crippen molar-refractivity contribution in [2.45, 2.75) is 24.1 Å². The highest BCUT2D eigenvalue weighted by Crippen LogP contribution is 2.28. The Labute approximate surface area is 152 Å². The second kappa shape index (κ2) is 7.92. The van der Waals surface area contributed by atoms with E-state index in [4.69, 9.17) is 0 Å². The van der Waals surface area contributed by atoms with Crippen molar-refractivity contribution in [1.82, 2.24) is 10.2 Å². The number of carbonyl (C=O) groups excluding carboxylic acids is 2. The molecule has 1 N–H and O–H groups in total. The standard InChI is InChI=1S/C16H17FN4O2S2/c1-2-7-24-16-20-19-15(25-16)18-14(23)10-8-13(22)21(9-10)12-5-3-11(17)4-6-12/h3-6,10H,2,7-9H2,1H3,(H,18,19,23)/t10-/m1/s1. The second-order valence-corrected chi connectivity index (χ2v) is 7.91. The lowest BCUT2D eigenvalue weighted by Crippen LogP contribution is -2.28. The highest BCUT2D eigenvalue weighted by Gasteiger charge is 2.35. The van der Waals surface area contributed by atoms with Crippen molar-refractivity contribution >= 4 is 45.7 Å². The number of benzene rings is 1. The minimum Gasteiger partial charge on any atom is -0.312 e. The number of hydrogen-bond donors (Lipinski definition) is 1. The molecule has 1 aromatic heterocycles. The van der Waals surface area contributed by atoms with Crippen LogP contribution in [0.15, 0.2) is 28.6 Å². The van der Waals surface area contributed by atoms with Crippen LogP contribution in [0.2, 0.25) is 0 Å². The molecule has 3 rings (SSSR count). The molecule has 0 saturated carbocycles. The third kappa shape index (κ3) is 4.35. The summed E-state index contributed by atoms with van der Waals surface area (Å²) in [5.74, 6) is -0.276. The van der Waals surface area contributed by atoms with Gasteiger partial charge in [-0.1, -0.05) is 30.0 Å². The number of amides is 2. The molecule has 2 aromatic rings. The van der Waals surface area contributed by atoms with Crippen molar-refractivity contribution in [2.75, 3.05) is 22.5 Å². The molecule has 1 aromatic carbocycles. The third-order valence-corrected chi connectivity index (χ3v) is 5.88. The summed E-state index contributed by atoms with van der Waals surface area (Å²) in [7, 11) is 0. The Balaban J connectivity index is 1.60. The Kier molecular flexibility index (Phi) is 5.64. The molecule has 2 amide bonds. The number of anilines is 2. The van der Waals surface area contributed by atoms with Crippen LogP contribution in [0.3, 0.4) is 0 Å². The molecule has 0 unspecified atom stereocenters. The lowest BCUT2D eigenvalue weighted by molar-refractivity contribution is -0.122. The Bertz CT molecular complexity index is 766. The molecule has 1 atom stereocenters. The van der Waals surface area contributed by atoms with E-state index in [0.717, 1.165) is 16.5 Å². The molecule has 0 aliphatic carbocycles. The van der Waals surface area contributed by atoms with Crippen LogP contribution in [0.5, 0.6) is 0 Å². The van der Waals surface area contributed by atoms with E-state index in [2.05, 4.69) is 22.4 Å². The summed E-state index contributed by atoms with van der Waals surface area (Å²) in [6, 6.07) is 5.67. The van der Waals surface area contributed by atoms with Gasteiger partial charge in [0.05, 0.1) is 5.92 Å². The number of thioether (sulfide) groups is 1. The van der Waals surface area contributed by atoms with Gasteiger partial charge in [0.25, 0.3) is 0 Å². The zero-order chi connectivity index (χ0) is 17.8. The van der Waals surface area contributed by atoms with Crippen LogP contribution in [0.1, 0.15) is 19.8 Å². The Morgan fingerprint density at radius 1 is 1.40 bits per heavy atom. The molecule has 0 bridgehead atoms. The predicted molar refractivity (Wildman–Crippen MR) is 96.4 cm³/mol. The van der Waals surface area contributed by atoms with Crippen molar-refractivity contribution in [3.63, 3.8) is 0 Å². The largest absolute Gasteiger partial charge is 0.312 e. The quantitative estimate of drug-likeness (QED) is 0.615. The summed E-state index contributed by atoms with van der Waals surface area (Å²) in [5.41, 5.74) is 0.593. The maximum atomic E-state index is 13.0. The van der Waals surface area contributed by atoms with Gasteiger partial charge in [-0.15, -0.1) is 10.2 Å². The van der Waals surface area contributed by atoms with E-state index in [9.17, 15) is 14.0 Å². The Morgan fingerprint density at radius 3 is 2.88 bits per heavy atom. The molecule has 1 saturated heterocycles. The van der Waals surface area contributed by atoms with Crippen LogP contribution in [0.4, 0.5) is 15.2 Å². The van der Waals surface area contributed by atoms with Gasteiger partial charge in [0.1, 0.15) is 5.82 Å². The number of nitrogens with zero attached hydrogens (tertiary/aromatic N) is 3. The van der Waals surface area contributed by atoms with E-state index in [1.54, 1.807) is 11.8 Å². The minimum atomic E-state index is -0.465. The molecular formula is C16H17FN4O2S2. The van der Waals surface area contributed by atoms with Gasteiger partial charge in [-0.3, -0.25) is 9.59 Å². The predicted octanol–water partition coefficient (Wildman–Crippen LogP) is 3.17. The SMILES string of the molecule is CCCSc1nnc(NC(=O)[C@@H]2CC(=O)N(c3ccc(F)cc3)C2)s1. The molecule has 9 heteroatoms. The zero-order valence-corrected chi connectivity index (χ0v) is 15.2. The molecule has 25 heavy (non-hydrogen) atoms. The van der Waals surface area contributed by atoms with Crippen LogP contribution in [0, 0.1) is 11.7 Å². The molecule has 0 radical (unpaired) electrons. The number of rotatable bonds is 6. The third-order valence-electron chi connectivity index (χ3n) is 3.70. The van der Waals surface area contributed by atoms with Gasteiger partial charge in [0.2, 0.25) is 16.9 Å². The summed E-state index contributed by atoms with van der Waals surface area (Å²) in [5, 5.41) is 11.2. The summed E-state index contributed by atoms with van der Waals surface area (Å²) >= 11 is 2.93. The van der Waals surface area contributed by atoms with Crippen molar-refractivity contribution in [3.8, 4) is 0 Å². The maximum absolute atomic E-state index is 13.0. The molecule has 1 fully saturated rings. The molecule has 0 spiro atoms. The summed E-state index contributed by atoms with van der Waals surface area (Å²) in [6.45, 7) is 2.35. The van der Waals surface area contributed by atoms with Crippen LogP contribution < -0.4 is 10.2 Å². The number of aromatic nitrogens is 2. The van der Waals surface area contributed by atoms with E-state index in [1.807, 2.05) is 0 Å². The van der Waals surface area contributed by atoms with E-state index in [0.29, 0.717) is 10.8 Å². The minimum absolute atomic E-state index is 0.124. The highest BCUT2D eigenvalue weighted by atomic mass is 32.2. The Hall–Kier alpha value is -2.00. The zero-order valence-electron chi connectivity index (χ0n) is 13.6. The average molecular weight is 380 g/mol. The van der Waals surface area contributed by atoms with E-state index < -0.39 is 5.92 Å². The molecular weight excluding hydrogens is 363 g/mol. The van der Waals surface area contributed by atoms with Crippen molar-refractivity contribution < 1.29 is 14.0 Å². The Morgan fingerprint density at radius 2 is 2.16 bits per heavy atom. The second-order valence-electron chi connectivity index (χ2n) is 5.59. The normalized spacial score (nSPS) is 17.1. The fourth-order valence-electron chi connectivity index (χ4n) is 2.47. The monoisotopic (exact) mass is 380 g/mol. The first-order chi connectivity index (χ1) is 12.1. The number of nitrogens with one attached hydrogen (secondary N) is 1. The van der Waals surface area contributed by atoms with Gasteiger partial charge >= 0.3 is 0 Å². The van der Waals surface area contributed by atoms with Gasteiger partial charge in [-0.2, -0.15) is 0 Å². The average Bonchev–Trinajstić information content (AvgIpc) is 3.20. The van der Waals surface area contributed by atoms with Gasteiger partial charge in [0, 0.05) is 24.4 Å². The summed E-state index contributed by atoms with van der Waals surface area (Å²) < 4.78 is 13.8. The fourth-order valence-corrected chi connectivity index (χ4v) is 4.15. The van der Waals surface area contributed by atoms with Crippen LogP contribution in [-0.2, 0) is 9.59 Å². The summed E-state index contributed by atoms with van der Waals surface area (Å²) in [6.07, 6.45) is 1.16. The topological polar surface area (TPSA) is 75.2 Å². The lowest BCUT2D eigenvalue weighted by Gasteiger charge is -2.16. The van der Waals surface area contributed by atoms with E-state index in [-0.39, 0.29) is 30.6 Å². The number of halogens is 1.